The highest BCUT2D eigenvalue weighted by atomic mass is 16.5. The molecule has 0 saturated carbocycles. The summed E-state index contributed by atoms with van der Waals surface area (Å²) >= 11 is 0. The van der Waals surface area contributed by atoms with Gasteiger partial charge in [-0.2, -0.15) is 0 Å². The smallest absolute Gasteiger partial charge is 0.0597 e. The highest BCUT2D eigenvalue weighted by Crippen LogP contribution is 2.05. The van der Waals surface area contributed by atoms with Crippen molar-refractivity contribution < 1.29 is 9.84 Å². The van der Waals surface area contributed by atoms with E-state index < -0.39 is 0 Å². The summed E-state index contributed by atoms with van der Waals surface area (Å²) in [6.45, 7) is 6.00. The molecule has 0 spiro atoms. The molecule has 0 aromatic rings. The first kappa shape index (κ1) is 10.9. The van der Waals surface area contributed by atoms with Crippen molar-refractivity contribution in [2.75, 3.05) is 40.0 Å². The van der Waals surface area contributed by atoms with E-state index in [0.717, 1.165) is 26.2 Å². The van der Waals surface area contributed by atoms with Crippen molar-refractivity contribution in [3.63, 3.8) is 0 Å². The molecule has 2 unspecified atom stereocenters. The molecular formula is C9H20N2O2. The SMILES string of the molecule is COCCN1CC(CO)NCC1C. The Morgan fingerprint density at radius 1 is 1.62 bits per heavy atom. The lowest BCUT2D eigenvalue weighted by Gasteiger charge is -2.37. The molecule has 1 rings (SSSR count). The highest BCUT2D eigenvalue weighted by molar-refractivity contribution is 4.83. The Bertz CT molecular complexity index is 144. The van der Waals surface area contributed by atoms with Crippen LogP contribution in [-0.4, -0.2) is 62.0 Å². The Kier molecular flexibility index (Phi) is 4.66. The zero-order chi connectivity index (χ0) is 9.68. The van der Waals surface area contributed by atoms with Crippen LogP contribution in [0.3, 0.4) is 0 Å². The van der Waals surface area contributed by atoms with Crippen molar-refractivity contribution in [2.45, 2.75) is 19.0 Å². The van der Waals surface area contributed by atoms with Gasteiger partial charge in [-0.1, -0.05) is 0 Å². The van der Waals surface area contributed by atoms with Crippen LogP contribution < -0.4 is 5.32 Å². The second-order valence-corrected chi connectivity index (χ2v) is 3.62. The first-order valence-corrected chi connectivity index (χ1v) is 4.85. The Hall–Kier alpha value is -0.160. The van der Waals surface area contributed by atoms with Gasteiger partial charge < -0.3 is 15.2 Å². The minimum Gasteiger partial charge on any atom is -0.395 e. The average Bonchev–Trinajstić information content (AvgIpc) is 2.17. The predicted octanol–water partition coefficient (Wildman–Crippen LogP) is -0.713. The summed E-state index contributed by atoms with van der Waals surface area (Å²) in [6.07, 6.45) is 0. The van der Waals surface area contributed by atoms with Crippen molar-refractivity contribution >= 4 is 0 Å². The van der Waals surface area contributed by atoms with Gasteiger partial charge >= 0.3 is 0 Å². The summed E-state index contributed by atoms with van der Waals surface area (Å²) in [5.74, 6) is 0. The van der Waals surface area contributed by atoms with E-state index in [1.807, 2.05) is 0 Å². The van der Waals surface area contributed by atoms with Crippen LogP contribution in [0.15, 0.2) is 0 Å². The van der Waals surface area contributed by atoms with Crippen molar-refractivity contribution in [3.8, 4) is 0 Å². The first-order valence-electron chi connectivity index (χ1n) is 4.85. The van der Waals surface area contributed by atoms with Crippen LogP contribution in [0.25, 0.3) is 0 Å². The van der Waals surface area contributed by atoms with Crippen molar-refractivity contribution in [2.24, 2.45) is 0 Å². The molecule has 0 amide bonds. The maximum atomic E-state index is 9.00. The maximum absolute atomic E-state index is 9.00. The number of aliphatic hydroxyl groups is 1. The molecule has 13 heavy (non-hydrogen) atoms. The van der Waals surface area contributed by atoms with Gasteiger partial charge in [0.25, 0.3) is 0 Å². The summed E-state index contributed by atoms with van der Waals surface area (Å²) < 4.78 is 5.04. The van der Waals surface area contributed by atoms with E-state index in [9.17, 15) is 0 Å². The number of methoxy groups -OCH3 is 1. The molecule has 0 aliphatic carbocycles. The van der Waals surface area contributed by atoms with Gasteiger partial charge in [0.05, 0.1) is 13.2 Å². The summed E-state index contributed by atoms with van der Waals surface area (Å²) in [6, 6.07) is 0.769. The zero-order valence-corrected chi connectivity index (χ0v) is 8.49. The largest absolute Gasteiger partial charge is 0.395 e. The summed E-state index contributed by atoms with van der Waals surface area (Å²) in [7, 11) is 1.72. The number of piperazine rings is 1. The molecule has 1 heterocycles. The van der Waals surface area contributed by atoms with E-state index in [0.29, 0.717) is 6.04 Å². The van der Waals surface area contributed by atoms with Gasteiger partial charge in [0.1, 0.15) is 0 Å². The molecule has 1 fully saturated rings. The lowest BCUT2D eigenvalue weighted by Crippen LogP contribution is -2.57. The molecule has 0 bridgehead atoms. The summed E-state index contributed by atoms with van der Waals surface area (Å²) in [4.78, 5) is 2.35. The van der Waals surface area contributed by atoms with Crippen molar-refractivity contribution in [3.05, 3.63) is 0 Å². The fraction of sp³-hybridized carbons (Fsp3) is 1.00. The molecule has 0 radical (unpaired) electrons. The van der Waals surface area contributed by atoms with E-state index >= 15 is 0 Å². The monoisotopic (exact) mass is 188 g/mol. The average molecular weight is 188 g/mol. The van der Waals surface area contributed by atoms with E-state index in [-0.39, 0.29) is 12.6 Å². The second kappa shape index (κ2) is 5.54. The lowest BCUT2D eigenvalue weighted by molar-refractivity contribution is 0.0775. The van der Waals surface area contributed by atoms with Gasteiger partial charge in [0.15, 0.2) is 0 Å². The third-order valence-corrected chi connectivity index (χ3v) is 2.58. The number of nitrogens with one attached hydrogen (secondary N) is 1. The summed E-state index contributed by atoms with van der Waals surface area (Å²) in [5.41, 5.74) is 0. The third kappa shape index (κ3) is 3.23. The van der Waals surface area contributed by atoms with E-state index in [2.05, 4.69) is 17.1 Å². The molecule has 78 valence electrons. The quantitative estimate of drug-likeness (QED) is 0.611. The fourth-order valence-corrected chi connectivity index (χ4v) is 1.64. The molecule has 1 saturated heterocycles. The Labute approximate surface area is 79.9 Å². The van der Waals surface area contributed by atoms with Gasteiger partial charge in [-0.05, 0) is 6.92 Å². The van der Waals surface area contributed by atoms with Gasteiger partial charge in [-0.25, -0.2) is 0 Å². The van der Waals surface area contributed by atoms with Crippen LogP contribution in [0.1, 0.15) is 6.92 Å². The van der Waals surface area contributed by atoms with Crippen molar-refractivity contribution in [1.29, 1.82) is 0 Å². The Morgan fingerprint density at radius 2 is 2.38 bits per heavy atom. The van der Waals surface area contributed by atoms with Crippen LogP contribution in [0, 0.1) is 0 Å². The van der Waals surface area contributed by atoms with Gasteiger partial charge in [0, 0.05) is 38.8 Å². The Morgan fingerprint density at radius 3 is 3.00 bits per heavy atom. The molecule has 4 nitrogen and oxygen atoms in total. The van der Waals surface area contributed by atoms with Crippen LogP contribution in [0.2, 0.25) is 0 Å². The molecule has 2 atom stereocenters. The van der Waals surface area contributed by atoms with Crippen LogP contribution in [0.5, 0.6) is 0 Å². The maximum Gasteiger partial charge on any atom is 0.0597 e. The molecule has 0 aromatic carbocycles. The molecule has 2 N–H and O–H groups in total. The summed E-state index contributed by atoms with van der Waals surface area (Å²) in [5, 5.41) is 12.3. The van der Waals surface area contributed by atoms with Gasteiger partial charge in [-0.15, -0.1) is 0 Å². The number of rotatable bonds is 4. The van der Waals surface area contributed by atoms with E-state index in [1.54, 1.807) is 7.11 Å². The second-order valence-electron chi connectivity index (χ2n) is 3.62. The standard InChI is InChI=1S/C9H20N2O2/c1-8-5-10-9(7-12)6-11(8)3-4-13-2/h8-10,12H,3-7H2,1-2H3. The topological polar surface area (TPSA) is 44.7 Å². The first-order chi connectivity index (χ1) is 6.27. The minimum atomic E-state index is 0.218. The number of aliphatic hydroxyl groups excluding tert-OH is 1. The third-order valence-electron chi connectivity index (χ3n) is 2.58. The lowest BCUT2D eigenvalue weighted by atomic mass is 10.1. The molecule has 4 heteroatoms. The van der Waals surface area contributed by atoms with Crippen LogP contribution >= 0.6 is 0 Å². The number of hydrogen-bond acceptors (Lipinski definition) is 4. The normalized spacial score (nSPS) is 30.7. The number of nitrogens with zero attached hydrogens (tertiary/aromatic N) is 1. The van der Waals surface area contributed by atoms with Crippen LogP contribution in [0.4, 0.5) is 0 Å². The fourth-order valence-electron chi connectivity index (χ4n) is 1.64. The Balaban J connectivity index is 2.31. The van der Waals surface area contributed by atoms with Gasteiger partial charge in [0.2, 0.25) is 0 Å². The molecular weight excluding hydrogens is 168 g/mol. The highest BCUT2D eigenvalue weighted by Gasteiger charge is 2.23. The number of hydrogen-bond donors (Lipinski definition) is 2. The van der Waals surface area contributed by atoms with E-state index in [1.165, 1.54) is 0 Å². The van der Waals surface area contributed by atoms with Gasteiger partial charge in [-0.3, -0.25) is 4.90 Å². The predicted molar refractivity (Wildman–Crippen MR) is 51.8 cm³/mol. The zero-order valence-electron chi connectivity index (χ0n) is 8.49. The molecule has 0 aromatic heterocycles. The van der Waals surface area contributed by atoms with E-state index in [4.69, 9.17) is 9.84 Å². The van der Waals surface area contributed by atoms with Crippen LogP contribution in [-0.2, 0) is 4.74 Å². The molecule has 1 aliphatic heterocycles. The minimum absolute atomic E-state index is 0.218. The van der Waals surface area contributed by atoms with Crippen molar-refractivity contribution in [1.82, 2.24) is 10.2 Å². The molecule has 1 aliphatic rings. The number of ether oxygens (including phenoxy) is 1.